The van der Waals surface area contributed by atoms with Gasteiger partial charge in [0.1, 0.15) is 0 Å². The van der Waals surface area contributed by atoms with Gasteiger partial charge in [0.05, 0.1) is 12.1 Å². The van der Waals surface area contributed by atoms with Crippen molar-refractivity contribution in [2.24, 2.45) is 10.9 Å². The van der Waals surface area contributed by atoms with Gasteiger partial charge >= 0.3 is 6.18 Å². The van der Waals surface area contributed by atoms with Crippen molar-refractivity contribution >= 4 is 6.21 Å². The van der Waals surface area contributed by atoms with E-state index in [-0.39, 0.29) is 0 Å². The predicted molar refractivity (Wildman–Crippen MR) is 110 cm³/mol. The summed E-state index contributed by atoms with van der Waals surface area (Å²) >= 11 is 0. The summed E-state index contributed by atoms with van der Waals surface area (Å²) in [4.78, 5) is 6.87. The molecule has 2 heterocycles. The van der Waals surface area contributed by atoms with E-state index in [2.05, 4.69) is 34.2 Å². The van der Waals surface area contributed by atoms with Crippen molar-refractivity contribution in [3.05, 3.63) is 82.4 Å². The van der Waals surface area contributed by atoms with Crippen LogP contribution in [0.5, 0.6) is 0 Å². The molecule has 0 unspecified atom stereocenters. The van der Waals surface area contributed by atoms with E-state index in [1.165, 1.54) is 28.8 Å². The molecule has 0 aromatic heterocycles. The molecule has 2 nitrogen and oxygen atoms in total. The molecular formula is C24H25F3N2. The SMILES string of the molecule is FC(F)(F)c1ccc(CN2CCC(C3=C(Cc4ccccc4)C=NC3)CC2)cc1. The Morgan fingerprint density at radius 2 is 1.59 bits per heavy atom. The summed E-state index contributed by atoms with van der Waals surface area (Å²) in [5, 5.41) is 0. The van der Waals surface area contributed by atoms with Crippen LogP contribution in [-0.2, 0) is 19.1 Å². The van der Waals surface area contributed by atoms with Crippen LogP contribution in [-0.4, -0.2) is 30.7 Å². The van der Waals surface area contributed by atoms with E-state index in [1.54, 1.807) is 12.1 Å². The molecule has 2 aliphatic heterocycles. The number of allylic oxidation sites excluding steroid dienone is 1. The van der Waals surface area contributed by atoms with Crippen LogP contribution >= 0.6 is 0 Å². The van der Waals surface area contributed by atoms with Gasteiger partial charge in [-0.2, -0.15) is 13.2 Å². The average Bonchev–Trinajstić information content (AvgIpc) is 3.17. The molecule has 2 aromatic carbocycles. The van der Waals surface area contributed by atoms with Crippen molar-refractivity contribution in [2.75, 3.05) is 19.6 Å². The van der Waals surface area contributed by atoms with Gasteiger partial charge in [-0.3, -0.25) is 9.89 Å². The van der Waals surface area contributed by atoms with Crippen molar-refractivity contribution in [3.8, 4) is 0 Å². The fraction of sp³-hybridized carbons (Fsp3) is 0.375. The van der Waals surface area contributed by atoms with Gasteiger partial charge in [0, 0.05) is 12.8 Å². The van der Waals surface area contributed by atoms with E-state index >= 15 is 0 Å². The number of halogens is 3. The molecule has 0 bridgehead atoms. The smallest absolute Gasteiger partial charge is 0.299 e. The highest BCUT2D eigenvalue weighted by Crippen LogP contribution is 2.32. The van der Waals surface area contributed by atoms with Crippen LogP contribution in [0.15, 0.2) is 70.7 Å². The van der Waals surface area contributed by atoms with Crippen molar-refractivity contribution in [1.29, 1.82) is 0 Å². The fourth-order valence-corrected chi connectivity index (χ4v) is 4.30. The van der Waals surface area contributed by atoms with Crippen molar-refractivity contribution in [2.45, 2.75) is 32.0 Å². The number of rotatable bonds is 5. The van der Waals surface area contributed by atoms with Crippen molar-refractivity contribution in [3.63, 3.8) is 0 Å². The lowest BCUT2D eigenvalue weighted by atomic mass is 9.85. The molecule has 2 aliphatic rings. The number of aliphatic imine (C=N–C) groups is 1. The largest absolute Gasteiger partial charge is 0.416 e. The Morgan fingerprint density at radius 1 is 0.897 bits per heavy atom. The molecule has 0 radical (unpaired) electrons. The first-order chi connectivity index (χ1) is 14.0. The van der Waals surface area contributed by atoms with Gasteiger partial charge < -0.3 is 0 Å². The first kappa shape index (κ1) is 19.9. The monoisotopic (exact) mass is 398 g/mol. The highest BCUT2D eigenvalue weighted by Gasteiger charge is 2.30. The van der Waals surface area contributed by atoms with Gasteiger partial charge in [-0.1, -0.05) is 42.5 Å². The van der Waals surface area contributed by atoms with Crippen LogP contribution in [0.4, 0.5) is 13.2 Å². The maximum Gasteiger partial charge on any atom is 0.416 e. The van der Waals surface area contributed by atoms with Gasteiger partial charge in [-0.05, 0) is 72.7 Å². The summed E-state index contributed by atoms with van der Waals surface area (Å²) in [5.74, 6) is 0.556. The van der Waals surface area contributed by atoms with Gasteiger partial charge in [-0.25, -0.2) is 0 Å². The summed E-state index contributed by atoms with van der Waals surface area (Å²) < 4.78 is 38.1. The topological polar surface area (TPSA) is 15.6 Å². The van der Waals surface area contributed by atoms with E-state index in [9.17, 15) is 13.2 Å². The van der Waals surface area contributed by atoms with Crippen molar-refractivity contribution < 1.29 is 13.2 Å². The number of piperidine rings is 1. The molecule has 5 heteroatoms. The maximum absolute atomic E-state index is 12.7. The first-order valence-corrected chi connectivity index (χ1v) is 10.1. The van der Waals surface area contributed by atoms with Crippen LogP contribution < -0.4 is 0 Å². The lowest BCUT2D eigenvalue weighted by Crippen LogP contribution is -2.34. The lowest BCUT2D eigenvalue weighted by Gasteiger charge is -2.33. The molecule has 0 atom stereocenters. The molecule has 152 valence electrons. The molecule has 1 saturated heterocycles. The molecule has 1 fully saturated rings. The lowest BCUT2D eigenvalue weighted by molar-refractivity contribution is -0.137. The normalized spacial score (nSPS) is 18.6. The quantitative estimate of drug-likeness (QED) is 0.646. The number of hydrogen-bond acceptors (Lipinski definition) is 2. The van der Waals surface area contributed by atoms with Gasteiger partial charge in [0.15, 0.2) is 0 Å². The molecule has 0 saturated carbocycles. The minimum absolute atomic E-state index is 0.556. The second-order valence-electron chi connectivity index (χ2n) is 7.93. The minimum Gasteiger partial charge on any atom is -0.299 e. The van der Waals surface area contributed by atoms with Crippen LogP contribution in [0, 0.1) is 5.92 Å². The molecule has 0 N–H and O–H groups in total. The number of likely N-dealkylation sites (tertiary alicyclic amines) is 1. The van der Waals surface area contributed by atoms with Gasteiger partial charge in [0.25, 0.3) is 0 Å². The Morgan fingerprint density at radius 3 is 2.24 bits per heavy atom. The number of hydrogen-bond donors (Lipinski definition) is 0. The average molecular weight is 398 g/mol. The molecule has 2 aromatic rings. The molecule has 0 aliphatic carbocycles. The van der Waals surface area contributed by atoms with E-state index in [0.29, 0.717) is 12.5 Å². The summed E-state index contributed by atoms with van der Waals surface area (Å²) in [5.41, 5.74) is 4.50. The third kappa shape index (κ3) is 4.96. The summed E-state index contributed by atoms with van der Waals surface area (Å²) in [6.45, 7) is 3.45. The molecule has 0 spiro atoms. The third-order valence-electron chi connectivity index (χ3n) is 5.93. The molecule has 29 heavy (non-hydrogen) atoms. The number of benzene rings is 2. The predicted octanol–water partition coefficient (Wildman–Crippen LogP) is 5.54. The Hall–Kier alpha value is -2.40. The Bertz CT molecular complexity index is 875. The first-order valence-electron chi connectivity index (χ1n) is 10.1. The second kappa shape index (κ2) is 8.54. The van der Waals surface area contributed by atoms with Crippen LogP contribution in [0.3, 0.4) is 0 Å². The molecule has 0 amide bonds. The Kier molecular flexibility index (Phi) is 5.86. The maximum atomic E-state index is 12.7. The van der Waals surface area contributed by atoms with Crippen LogP contribution in [0.2, 0.25) is 0 Å². The summed E-state index contributed by atoms with van der Waals surface area (Å²) in [6, 6.07) is 16.0. The Balaban J connectivity index is 1.34. The fourth-order valence-electron chi connectivity index (χ4n) is 4.30. The second-order valence-corrected chi connectivity index (χ2v) is 7.93. The zero-order valence-corrected chi connectivity index (χ0v) is 16.3. The van der Waals surface area contributed by atoms with Crippen LogP contribution in [0.1, 0.15) is 29.5 Å². The van der Waals surface area contributed by atoms with Gasteiger partial charge in [0.2, 0.25) is 0 Å². The zero-order valence-electron chi connectivity index (χ0n) is 16.3. The number of nitrogens with zero attached hydrogens (tertiary/aromatic N) is 2. The van der Waals surface area contributed by atoms with E-state index < -0.39 is 11.7 Å². The summed E-state index contributed by atoms with van der Waals surface area (Å²) in [7, 11) is 0. The van der Waals surface area contributed by atoms with E-state index in [0.717, 1.165) is 44.5 Å². The number of alkyl halides is 3. The Labute approximate surface area is 169 Å². The third-order valence-corrected chi connectivity index (χ3v) is 5.93. The van der Waals surface area contributed by atoms with Crippen LogP contribution in [0.25, 0.3) is 0 Å². The zero-order chi connectivity index (χ0) is 20.3. The minimum atomic E-state index is -4.27. The van der Waals surface area contributed by atoms with Gasteiger partial charge in [-0.15, -0.1) is 0 Å². The summed E-state index contributed by atoms with van der Waals surface area (Å²) in [6.07, 6.45) is 0.864. The highest BCUT2D eigenvalue weighted by molar-refractivity contribution is 5.83. The highest BCUT2D eigenvalue weighted by atomic mass is 19.4. The standard InChI is InChI=1S/C24H25F3N2/c25-24(26,27)22-8-6-19(7-9-22)17-29-12-10-20(11-13-29)23-16-28-15-21(23)14-18-4-2-1-3-5-18/h1-9,15,20H,10-14,16-17H2. The van der Waals surface area contributed by atoms with Crippen molar-refractivity contribution in [1.82, 2.24) is 4.90 Å². The van der Waals surface area contributed by atoms with E-state index in [4.69, 9.17) is 0 Å². The molecular weight excluding hydrogens is 373 g/mol. The van der Waals surface area contributed by atoms with E-state index in [1.807, 2.05) is 12.3 Å². The molecule has 4 rings (SSSR count).